The second-order valence-electron chi connectivity index (χ2n) is 7.67. The number of carbonyl (C=O) groups is 3. The van der Waals surface area contributed by atoms with Crippen LogP contribution in [0.2, 0.25) is 0 Å². The molecule has 1 aliphatic rings. The zero-order chi connectivity index (χ0) is 21.8. The number of nitrogens with zero attached hydrogens (tertiary/aromatic N) is 1. The summed E-state index contributed by atoms with van der Waals surface area (Å²) < 4.78 is 10.9. The monoisotopic (exact) mass is 420 g/mol. The van der Waals surface area contributed by atoms with Crippen LogP contribution in [0, 0.1) is 0 Å². The summed E-state index contributed by atoms with van der Waals surface area (Å²) in [5.41, 5.74) is 0.834. The molecule has 7 heteroatoms. The summed E-state index contributed by atoms with van der Waals surface area (Å²) in [4.78, 5) is 40.2. The van der Waals surface area contributed by atoms with Crippen LogP contribution in [0.3, 0.4) is 0 Å². The molecule has 2 aromatic heterocycles. The lowest BCUT2D eigenvalue weighted by molar-refractivity contribution is -0.123. The maximum absolute atomic E-state index is 13.5. The minimum absolute atomic E-state index is 0.0640. The van der Waals surface area contributed by atoms with E-state index in [0.717, 1.165) is 25.7 Å². The Hall–Kier alpha value is -3.61. The number of carbonyl (C=O) groups excluding carboxylic acids is 3. The van der Waals surface area contributed by atoms with Gasteiger partial charge in [0.2, 0.25) is 0 Å². The smallest absolute Gasteiger partial charge is 0.295 e. The Morgan fingerprint density at radius 3 is 2.39 bits per heavy atom. The number of hydrogen-bond donors (Lipinski definition) is 1. The molecule has 0 bridgehead atoms. The topological polar surface area (TPSA) is 92.8 Å². The number of nitrogens with one attached hydrogen (secondary N) is 1. The van der Waals surface area contributed by atoms with E-state index < -0.39 is 11.9 Å². The molecule has 0 spiro atoms. The van der Waals surface area contributed by atoms with Gasteiger partial charge in [-0.3, -0.25) is 19.3 Å². The first kappa shape index (κ1) is 20.7. The Labute approximate surface area is 180 Å². The second-order valence-corrected chi connectivity index (χ2v) is 7.67. The van der Waals surface area contributed by atoms with Crippen LogP contribution in [0.25, 0.3) is 0 Å². The highest BCUT2D eigenvalue weighted by Crippen LogP contribution is 2.31. The van der Waals surface area contributed by atoms with Crippen molar-refractivity contribution in [3.05, 3.63) is 78.1 Å². The summed E-state index contributed by atoms with van der Waals surface area (Å²) in [6.45, 7) is 1.45. The average molecular weight is 420 g/mol. The molecule has 2 heterocycles. The van der Waals surface area contributed by atoms with Crippen molar-refractivity contribution in [1.29, 1.82) is 0 Å². The molecule has 0 unspecified atom stereocenters. The van der Waals surface area contributed by atoms with E-state index in [-0.39, 0.29) is 23.5 Å². The molecule has 4 rings (SSSR count). The average Bonchev–Trinajstić information content (AvgIpc) is 3.55. The van der Waals surface area contributed by atoms with Gasteiger partial charge in [-0.15, -0.1) is 0 Å². The van der Waals surface area contributed by atoms with Crippen molar-refractivity contribution in [3.8, 4) is 0 Å². The van der Waals surface area contributed by atoms with Gasteiger partial charge in [-0.25, -0.2) is 0 Å². The lowest BCUT2D eigenvalue weighted by Crippen LogP contribution is -2.46. The predicted molar refractivity (Wildman–Crippen MR) is 114 cm³/mol. The van der Waals surface area contributed by atoms with Crippen LogP contribution in [-0.4, -0.2) is 23.6 Å². The quantitative estimate of drug-likeness (QED) is 0.567. The van der Waals surface area contributed by atoms with E-state index in [1.165, 1.54) is 30.4 Å². The van der Waals surface area contributed by atoms with E-state index in [4.69, 9.17) is 8.83 Å². The Bertz CT molecular complexity index is 1050. The van der Waals surface area contributed by atoms with E-state index in [2.05, 4.69) is 5.32 Å². The molecule has 1 aliphatic carbocycles. The van der Waals surface area contributed by atoms with Gasteiger partial charge in [-0.1, -0.05) is 25.0 Å². The molecule has 2 amide bonds. The van der Waals surface area contributed by atoms with Crippen molar-refractivity contribution in [2.45, 2.75) is 44.7 Å². The Balaban J connectivity index is 1.79. The zero-order valence-corrected chi connectivity index (χ0v) is 17.2. The van der Waals surface area contributed by atoms with Crippen molar-refractivity contribution in [2.75, 3.05) is 4.90 Å². The molecule has 0 aliphatic heterocycles. The van der Waals surface area contributed by atoms with E-state index in [0.29, 0.717) is 17.0 Å². The highest BCUT2D eigenvalue weighted by molar-refractivity contribution is 6.09. The largest absolute Gasteiger partial charge is 0.467 e. The molecule has 1 atom stereocenters. The molecule has 31 heavy (non-hydrogen) atoms. The van der Waals surface area contributed by atoms with E-state index in [9.17, 15) is 14.4 Å². The van der Waals surface area contributed by atoms with Gasteiger partial charge in [-0.05, 0) is 56.2 Å². The summed E-state index contributed by atoms with van der Waals surface area (Å²) in [6, 6.07) is 12.1. The predicted octanol–water partition coefficient (Wildman–Crippen LogP) is 4.52. The van der Waals surface area contributed by atoms with Gasteiger partial charge in [0.05, 0.1) is 12.5 Å². The van der Waals surface area contributed by atoms with Gasteiger partial charge >= 0.3 is 0 Å². The van der Waals surface area contributed by atoms with Gasteiger partial charge in [0.1, 0.15) is 5.76 Å². The Morgan fingerprint density at radius 1 is 1.00 bits per heavy atom. The summed E-state index contributed by atoms with van der Waals surface area (Å²) >= 11 is 0. The third-order valence-electron chi connectivity index (χ3n) is 5.50. The molecule has 1 saturated carbocycles. The lowest BCUT2D eigenvalue weighted by atomic mass is 10.1. The Kier molecular flexibility index (Phi) is 6.02. The first-order valence-electron chi connectivity index (χ1n) is 10.4. The number of furan rings is 2. The molecule has 1 fully saturated rings. The third-order valence-corrected chi connectivity index (χ3v) is 5.50. The fourth-order valence-electron chi connectivity index (χ4n) is 3.95. The fourth-order valence-corrected chi connectivity index (χ4v) is 3.95. The normalized spacial score (nSPS) is 14.9. The summed E-state index contributed by atoms with van der Waals surface area (Å²) in [5.74, 6) is -0.581. The third kappa shape index (κ3) is 4.45. The first-order chi connectivity index (χ1) is 15.0. The van der Waals surface area contributed by atoms with Crippen LogP contribution in [0.15, 0.2) is 69.9 Å². The second kappa shape index (κ2) is 9.04. The maximum atomic E-state index is 13.5. The fraction of sp³-hybridized carbons (Fsp3) is 0.292. The van der Waals surface area contributed by atoms with Gasteiger partial charge in [-0.2, -0.15) is 0 Å². The first-order valence-corrected chi connectivity index (χ1v) is 10.4. The van der Waals surface area contributed by atoms with Crippen molar-refractivity contribution in [1.82, 2.24) is 5.32 Å². The highest BCUT2D eigenvalue weighted by Gasteiger charge is 2.37. The van der Waals surface area contributed by atoms with E-state index in [1.54, 1.807) is 42.5 Å². The Morgan fingerprint density at radius 2 is 1.74 bits per heavy atom. The van der Waals surface area contributed by atoms with Gasteiger partial charge in [0.15, 0.2) is 17.6 Å². The van der Waals surface area contributed by atoms with Crippen LogP contribution >= 0.6 is 0 Å². The summed E-state index contributed by atoms with van der Waals surface area (Å²) in [5, 5.41) is 3.06. The molecular formula is C24H24N2O5. The molecular weight excluding hydrogens is 396 g/mol. The molecule has 0 radical (unpaired) electrons. The standard InChI is InChI=1S/C24H24N2O5/c1-16(27)17-7-4-10-19(15-17)26(24(29)21-12-6-14-31-21)22(20-11-5-13-30-20)23(28)25-18-8-2-3-9-18/h4-7,10-15,18,22H,2-3,8-9H2,1H3,(H,25,28)/t22-/m0/s1. The number of rotatable bonds is 7. The lowest BCUT2D eigenvalue weighted by Gasteiger charge is -2.30. The maximum Gasteiger partial charge on any atom is 0.295 e. The van der Waals surface area contributed by atoms with E-state index >= 15 is 0 Å². The molecule has 1 N–H and O–H groups in total. The molecule has 160 valence electrons. The SMILES string of the molecule is CC(=O)c1cccc(N(C(=O)c2ccco2)[C@H](C(=O)NC2CCCC2)c2ccco2)c1. The summed E-state index contributed by atoms with van der Waals surface area (Å²) in [7, 11) is 0. The van der Waals surface area contributed by atoms with Crippen molar-refractivity contribution < 1.29 is 23.2 Å². The van der Waals surface area contributed by atoms with E-state index in [1.807, 2.05) is 0 Å². The van der Waals surface area contributed by atoms with Crippen molar-refractivity contribution in [2.24, 2.45) is 0 Å². The molecule has 1 aromatic carbocycles. The number of anilines is 1. The molecule has 7 nitrogen and oxygen atoms in total. The molecule has 3 aromatic rings. The highest BCUT2D eigenvalue weighted by atomic mass is 16.3. The van der Waals surface area contributed by atoms with Crippen molar-refractivity contribution >= 4 is 23.3 Å². The number of ketones is 1. The van der Waals surface area contributed by atoms with Crippen LogP contribution in [0.5, 0.6) is 0 Å². The van der Waals surface area contributed by atoms with Crippen molar-refractivity contribution in [3.63, 3.8) is 0 Å². The number of benzene rings is 1. The van der Waals surface area contributed by atoms with Crippen LogP contribution in [-0.2, 0) is 4.79 Å². The minimum atomic E-state index is -1.06. The summed E-state index contributed by atoms with van der Waals surface area (Å²) in [6.07, 6.45) is 6.80. The number of hydrogen-bond acceptors (Lipinski definition) is 5. The van der Waals surface area contributed by atoms with Gasteiger partial charge in [0, 0.05) is 17.3 Å². The minimum Gasteiger partial charge on any atom is -0.467 e. The number of amides is 2. The van der Waals surface area contributed by atoms with Gasteiger partial charge in [0.25, 0.3) is 11.8 Å². The van der Waals surface area contributed by atoms with Crippen LogP contribution in [0.4, 0.5) is 5.69 Å². The van der Waals surface area contributed by atoms with Crippen LogP contribution in [0.1, 0.15) is 65.3 Å². The zero-order valence-electron chi connectivity index (χ0n) is 17.2. The van der Waals surface area contributed by atoms with Gasteiger partial charge < -0.3 is 14.2 Å². The molecule has 0 saturated heterocycles. The van der Waals surface area contributed by atoms with Crippen LogP contribution < -0.4 is 10.2 Å². The number of Topliss-reactive ketones (excluding diaryl/α,β-unsaturated/α-hetero) is 1.